The van der Waals surface area contributed by atoms with Crippen molar-refractivity contribution in [3.8, 4) is 0 Å². The van der Waals surface area contributed by atoms with Crippen LogP contribution in [0.4, 0.5) is 5.69 Å². The van der Waals surface area contributed by atoms with Gasteiger partial charge in [0.25, 0.3) is 11.6 Å². The smallest absolute Gasteiger partial charge is 0.325 e. The van der Waals surface area contributed by atoms with Gasteiger partial charge in [-0.3, -0.25) is 19.7 Å². The number of thiazole rings is 1. The Morgan fingerprint density at radius 3 is 2.70 bits per heavy atom. The third kappa shape index (κ3) is 3.62. The van der Waals surface area contributed by atoms with E-state index >= 15 is 0 Å². The van der Waals surface area contributed by atoms with Crippen molar-refractivity contribution in [2.45, 2.75) is 20.4 Å². The van der Waals surface area contributed by atoms with Gasteiger partial charge in [0.1, 0.15) is 6.54 Å². The van der Waals surface area contributed by atoms with Crippen LogP contribution in [-0.4, -0.2) is 28.5 Å². The summed E-state index contributed by atoms with van der Waals surface area (Å²) in [5.41, 5.74) is 0.362. The lowest BCUT2D eigenvalue weighted by Crippen LogP contribution is -2.23. The number of aromatic nitrogens is 1. The standard InChI is InChI=1S/C14H15N3O5S/c1-8(2)13(19)15-14-16(7-12(18)22-3)10-6-9(17(20)21)4-5-11(10)23-14/h4-6,8H,7H2,1-3H3. The number of hydrogen-bond donors (Lipinski definition) is 0. The van der Waals surface area contributed by atoms with Gasteiger partial charge in [-0.15, -0.1) is 0 Å². The summed E-state index contributed by atoms with van der Waals surface area (Å²) in [6.45, 7) is 3.26. The van der Waals surface area contributed by atoms with Gasteiger partial charge in [-0.2, -0.15) is 4.99 Å². The number of carbonyl (C=O) groups excluding carboxylic acids is 2. The summed E-state index contributed by atoms with van der Waals surface area (Å²) in [6.07, 6.45) is 0. The first-order chi connectivity index (χ1) is 10.8. The largest absolute Gasteiger partial charge is 0.468 e. The number of methoxy groups -OCH3 is 1. The minimum absolute atomic E-state index is 0.101. The van der Waals surface area contributed by atoms with Crippen molar-refractivity contribution in [1.82, 2.24) is 4.57 Å². The van der Waals surface area contributed by atoms with E-state index in [1.165, 1.54) is 35.1 Å². The summed E-state index contributed by atoms with van der Waals surface area (Å²) < 4.78 is 6.79. The number of benzene rings is 1. The number of esters is 1. The number of nitro groups is 1. The van der Waals surface area contributed by atoms with Gasteiger partial charge in [0.2, 0.25) is 0 Å². The molecule has 0 radical (unpaired) electrons. The van der Waals surface area contributed by atoms with Gasteiger partial charge in [-0.25, -0.2) is 0 Å². The Morgan fingerprint density at radius 1 is 1.43 bits per heavy atom. The Morgan fingerprint density at radius 2 is 2.13 bits per heavy atom. The number of rotatable bonds is 4. The van der Waals surface area contributed by atoms with Crippen molar-refractivity contribution >= 4 is 39.1 Å². The molecule has 0 aliphatic rings. The molecule has 8 nitrogen and oxygen atoms in total. The average Bonchev–Trinajstić information content (AvgIpc) is 2.83. The van der Waals surface area contributed by atoms with E-state index in [1.54, 1.807) is 19.9 Å². The maximum absolute atomic E-state index is 11.9. The number of non-ortho nitro benzene ring substituents is 1. The molecule has 0 aliphatic carbocycles. The molecule has 0 atom stereocenters. The van der Waals surface area contributed by atoms with Crippen LogP contribution in [0.5, 0.6) is 0 Å². The SMILES string of the molecule is COC(=O)Cn1c(=NC(=O)C(C)C)sc2ccc([N+](=O)[O-])cc21. The molecule has 1 aromatic carbocycles. The van der Waals surface area contributed by atoms with E-state index in [0.29, 0.717) is 15.0 Å². The van der Waals surface area contributed by atoms with Gasteiger partial charge >= 0.3 is 5.97 Å². The number of amides is 1. The normalized spacial score (nSPS) is 11.9. The number of hydrogen-bond acceptors (Lipinski definition) is 6. The summed E-state index contributed by atoms with van der Waals surface area (Å²) in [4.78, 5) is 38.2. The number of nitro benzene ring substituents is 1. The Balaban J connectivity index is 2.70. The molecule has 0 N–H and O–H groups in total. The minimum atomic E-state index is -0.533. The van der Waals surface area contributed by atoms with Crippen LogP contribution in [0.25, 0.3) is 10.2 Å². The lowest BCUT2D eigenvalue weighted by Gasteiger charge is -2.04. The van der Waals surface area contributed by atoms with Gasteiger partial charge in [0.15, 0.2) is 4.80 Å². The van der Waals surface area contributed by atoms with E-state index in [2.05, 4.69) is 9.73 Å². The summed E-state index contributed by atoms with van der Waals surface area (Å²) >= 11 is 1.19. The fourth-order valence-electron chi connectivity index (χ4n) is 1.83. The molecule has 0 bridgehead atoms. The zero-order valence-electron chi connectivity index (χ0n) is 12.8. The summed E-state index contributed by atoms with van der Waals surface area (Å²) in [5, 5.41) is 10.9. The molecule has 0 unspecified atom stereocenters. The molecule has 0 saturated carbocycles. The molecule has 122 valence electrons. The first kappa shape index (κ1) is 16.8. The number of carbonyl (C=O) groups is 2. The van der Waals surface area contributed by atoms with Gasteiger partial charge in [0, 0.05) is 18.1 Å². The van der Waals surface area contributed by atoms with Crippen LogP contribution in [0.3, 0.4) is 0 Å². The van der Waals surface area contributed by atoms with E-state index in [1.807, 2.05) is 0 Å². The Hall–Kier alpha value is -2.55. The van der Waals surface area contributed by atoms with Crippen LogP contribution >= 0.6 is 11.3 Å². The summed E-state index contributed by atoms with van der Waals surface area (Å²) in [5.74, 6) is -1.15. The molecular weight excluding hydrogens is 322 g/mol. The summed E-state index contributed by atoms with van der Waals surface area (Å²) in [6, 6.07) is 4.30. The van der Waals surface area contributed by atoms with Crippen LogP contribution in [0.15, 0.2) is 23.2 Å². The van der Waals surface area contributed by atoms with E-state index in [0.717, 1.165) is 0 Å². The number of nitrogens with zero attached hydrogens (tertiary/aromatic N) is 3. The molecular formula is C14H15N3O5S. The van der Waals surface area contributed by atoms with E-state index in [9.17, 15) is 19.7 Å². The van der Waals surface area contributed by atoms with Gasteiger partial charge < -0.3 is 9.30 Å². The van der Waals surface area contributed by atoms with Gasteiger partial charge in [-0.1, -0.05) is 25.2 Å². The lowest BCUT2D eigenvalue weighted by atomic mass is 10.2. The van der Waals surface area contributed by atoms with Crippen LogP contribution in [0.1, 0.15) is 13.8 Å². The van der Waals surface area contributed by atoms with Gasteiger partial charge in [0.05, 0.1) is 22.2 Å². The molecule has 1 heterocycles. The fraction of sp³-hybridized carbons (Fsp3) is 0.357. The molecule has 9 heteroatoms. The Labute approximate surface area is 135 Å². The zero-order chi connectivity index (χ0) is 17.1. The zero-order valence-corrected chi connectivity index (χ0v) is 13.6. The second kappa shape index (κ2) is 6.69. The maximum atomic E-state index is 11.9. The molecule has 2 rings (SSSR count). The topological polar surface area (TPSA) is 104 Å². The van der Waals surface area contributed by atoms with Crippen molar-refractivity contribution in [3.63, 3.8) is 0 Å². The van der Waals surface area contributed by atoms with Crippen LogP contribution < -0.4 is 4.80 Å². The lowest BCUT2D eigenvalue weighted by molar-refractivity contribution is -0.384. The fourth-order valence-corrected chi connectivity index (χ4v) is 2.84. The van der Waals surface area contributed by atoms with Crippen LogP contribution in [0, 0.1) is 16.0 Å². The second-order valence-electron chi connectivity index (χ2n) is 5.06. The molecule has 0 spiro atoms. The van der Waals surface area contributed by atoms with Crippen molar-refractivity contribution < 1.29 is 19.2 Å². The Bertz CT molecular complexity index is 850. The highest BCUT2D eigenvalue weighted by atomic mass is 32.1. The average molecular weight is 337 g/mol. The van der Waals surface area contributed by atoms with Crippen molar-refractivity contribution in [3.05, 3.63) is 33.1 Å². The molecule has 0 saturated heterocycles. The first-order valence-electron chi connectivity index (χ1n) is 6.76. The third-order valence-corrected chi connectivity index (χ3v) is 4.15. The summed E-state index contributed by atoms with van der Waals surface area (Å²) in [7, 11) is 1.25. The van der Waals surface area contributed by atoms with E-state index in [-0.39, 0.29) is 24.1 Å². The highest BCUT2D eigenvalue weighted by Gasteiger charge is 2.16. The van der Waals surface area contributed by atoms with E-state index in [4.69, 9.17) is 0 Å². The van der Waals surface area contributed by atoms with E-state index < -0.39 is 10.9 Å². The minimum Gasteiger partial charge on any atom is -0.468 e. The monoisotopic (exact) mass is 337 g/mol. The number of fused-ring (bicyclic) bond motifs is 1. The molecule has 0 fully saturated rings. The predicted octanol–water partition coefficient (Wildman–Crippen LogP) is 1.87. The first-order valence-corrected chi connectivity index (χ1v) is 7.58. The maximum Gasteiger partial charge on any atom is 0.325 e. The molecule has 1 aromatic heterocycles. The highest BCUT2D eigenvalue weighted by molar-refractivity contribution is 7.16. The van der Waals surface area contributed by atoms with Crippen LogP contribution in [-0.2, 0) is 20.9 Å². The second-order valence-corrected chi connectivity index (χ2v) is 6.07. The van der Waals surface area contributed by atoms with Gasteiger partial charge in [-0.05, 0) is 6.07 Å². The predicted molar refractivity (Wildman–Crippen MR) is 83.9 cm³/mol. The third-order valence-electron chi connectivity index (χ3n) is 3.09. The molecule has 1 amide bonds. The molecule has 2 aromatic rings. The van der Waals surface area contributed by atoms with Crippen LogP contribution in [0.2, 0.25) is 0 Å². The Kier molecular flexibility index (Phi) is 4.89. The number of ether oxygens (including phenoxy) is 1. The van der Waals surface area contributed by atoms with Crippen molar-refractivity contribution in [2.24, 2.45) is 10.9 Å². The quantitative estimate of drug-likeness (QED) is 0.481. The molecule has 23 heavy (non-hydrogen) atoms. The highest BCUT2D eigenvalue weighted by Crippen LogP contribution is 2.23. The van der Waals surface area contributed by atoms with Crippen molar-refractivity contribution in [2.75, 3.05) is 7.11 Å². The molecule has 0 aliphatic heterocycles. The van der Waals surface area contributed by atoms with Crippen molar-refractivity contribution in [1.29, 1.82) is 0 Å².